The Balaban J connectivity index is 1.82. The fourth-order valence-electron chi connectivity index (χ4n) is 4.08. The molecule has 3 heterocycles. The highest BCUT2D eigenvalue weighted by Gasteiger charge is 2.27. The molecule has 4 nitrogen and oxygen atoms in total. The third-order valence-corrected chi connectivity index (χ3v) is 6.20. The second-order valence-electron chi connectivity index (χ2n) is 6.85. The maximum Gasteiger partial charge on any atom is 0.0912 e. The van der Waals surface area contributed by atoms with Gasteiger partial charge in [0.05, 0.1) is 27.9 Å². The molecule has 0 amide bonds. The van der Waals surface area contributed by atoms with Gasteiger partial charge in [0.2, 0.25) is 0 Å². The molecule has 0 spiro atoms. The SMILES string of the molecule is C[C@@H](O)c1cc2cnc3ccsc3c2n1[C@H]1CC[C@H](CC#N)CC1. The molecule has 0 aromatic carbocycles. The van der Waals surface area contributed by atoms with Gasteiger partial charge in [0.25, 0.3) is 0 Å². The number of nitrogens with zero attached hydrogens (tertiary/aromatic N) is 3. The standard InChI is InChI=1S/C19H21N3OS/c1-12(23)17-10-14-11-21-16-7-9-24-19(16)18(14)22(17)15-4-2-13(3-5-15)6-8-20/h7,9-13,15,23H,2-6H2,1H3/t12-,13-,15-/m1/s1. The van der Waals surface area contributed by atoms with Crippen LogP contribution in [-0.4, -0.2) is 14.7 Å². The van der Waals surface area contributed by atoms with E-state index in [9.17, 15) is 5.11 Å². The van der Waals surface area contributed by atoms with E-state index in [-0.39, 0.29) is 0 Å². The minimum Gasteiger partial charge on any atom is -0.387 e. The summed E-state index contributed by atoms with van der Waals surface area (Å²) in [6.07, 6.45) is 6.43. The molecule has 124 valence electrons. The van der Waals surface area contributed by atoms with Crippen molar-refractivity contribution in [3.05, 3.63) is 29.4 Å². The number of hydrogen-bond donors (Lipinski definition) is 1. The summed E-state index contributed by atoms with van der Waals surface area (Å²) in [4.78, 5) is 4.54. The number of rotatable bonds is 3. The Morgan fingerprint density at radius 2 is 2.21 bits per heavy atom. The summed E-state index contributed by atoms with van der Waals surface area (Å²) in [5.41, 5.74) is 3.23. The van der Waals surface area contributed by atoms with Crippen LogP contribution in [0.25, 0.3) is 21.1 Å². The normalized spacial score (nSPS) is 22.7. The van der Waals surface area contributed by atoms with Crippen LogP contribution >= 0.6 is 11.3 Å². The van der Waals surface area contributed by atoms with Crippen LogP contribution in [0.15, 0.2) is 23.7 Å². The summed E-state index contributed by atoms with van der Waals surface area (Å²) in [5.74, 6) is 0.534. The average Bonchev–Trinajstić information content (AvgIpc) is 3.19. The highest BCUT2D eigenvalue weighted by atomic mass is 32.1. The van der Waals surface area contributed by atoms with Gasteiger partial charge in [-0.1, -0.05) is 0 Å². The summed E-state index contributed by atoms with van der Waals surface area (Å²) in [6, 6.07) is 6.86. The smallest absolute Gasteiger partial charge is 0.0912 e. The molecule has 1 fully saturated rings. The van der Waals surface area contributed by atoms with Gasteiger partial charge in [-0.05, 0) is 56.0 Å². The molecule has 0 saturated heterocycles. The lowest BCUT2D eigenvalue weighted by Gasteiger charge is -2.31. The van der Waals surface area contributed by atoms with Crippen molar-refractivity contribution >= 4 is 32.5 Å². The quantitative estimate of drug-likeness (QED) is 0.734. The van der Waals surface area contributed by atoms with Gasteiger partial charge in [0, 0.05) is 29.7 Å². The van der Waals surface area contributed by atoms with Gasteiger partial charge >= 0.3 is 0 Å². The molecular formula is C19H21N3OS. The van der Waals surface area contributed by atoms with E-state index in [1.54, 1.807) is 11.3 Å². The molecule has 0 aliphatic heterocycles. The van der Waals surface area contributed by atoms with Crippen molar-refractivity contribution in [2.45, 2.75) is 51.2 Å². The summed E-state index contributed by atoms with van der Waals surface area (Å²) >= 11 is 1.72. The van der Waals surface area contributed by atoms with E-state index in [2.05, 4.69) is 33.1 Å². The van der Waals surface area contributed by atoms with Gasteiger partial charge in [0.15, 0.2) is 0 Å². The highest BCUT2D eigenvalue weighted by molar-refractivity contribution is 7.18. The highest BCUT2D eigenvalue weighted by Crippen LogP contribution is 2.40. The molecule has 5 heteroatoms. The first-order chi connectivity index (χ1) is 11.7. The van der Waals surface area contributed by atoms with Crippen molar-refractivity contribution < 1.29 is 5.11 Å². The van der Waals surface area contributed by atoms with Crippen LogP contribution in [0.5, 0.6) is 0 Å². The van der Waals surface area contributed by atoms with Crippen molar-refractivity contribution in [3.63, 3.8) is 0 Å². The molecule has 1 aliphatic rings. The lowest BCUT2D eigenvalue weighted by molar-refractivity contribution is 0.180. The Kier molecular flexibility index (Phi) is 4.03. The zero-order chi connectivity index (χ0) is 16.7. The predicted octanol–water partition coefficient (Wildman–Crippen LogP) is 4.95. The Hall–Kier alpha value is -1.90. The van der Waals surface area contributed by atoms with Crippen LogP contribution < -0.4 is 0 Å². The van der Waals surface area contributed by atoms with Gasteiger partial charge in [-0.2, -0.15) is 5.26 Å². The topological polar surface area (TPSA) is 61.8 Å². The minimum atomic E-state index is -0.496. The number of aliphatic hydroxyl groups is 1. The van der Waals surface area contributed by atoms with Gasteiger partial charge in [0.1, 0.15) is 0 Å². The monoisotopic (exact) mass is 339 g/mol. The first-order valence-electron chi connectivity index (χ1n) is 8.61. The molecule has 4 rings (SSSR count). The van der Waals surface area contributed by atoms with E-state index in [0.29, 0.717) is 18.4 Å². The third kappa shape index (κ3) is 2.51. The lowest BCUT2D eigenvalue weighted by atomic mass is 9.84. The number of thiophene rings is 1. The van der Waals surface area contributed by atoms with Crippen LogP contribution in [0.1, 0.15) is 56.9 Å². The van der Waals surface area contributed by atoms with E-state index in [0.717, 1.165) is 42.3 Å². The largest absolute Gasteiger partial charge is 0.387 e. The van der Waals surface area contributed by atoms with E-state index >= 15 is 0 Å². The molecule has 0 radical (unpaired) electrons. The Morgan fingerprint density at radius 1 is 1.42 bits per heavy atom. The number of aliphatic hydroxyl groups excluding tert-OH is 1. The van der Waals surface area contributed by atoms with Crippen molar-refractivity contribution in [1.29, 1.82) is 5.26 Å². The molecule has 1 N–H and O–H groups in total. The molecule has 3 aromatic rings. The molecule has 1 saturated carbocycles. The van der Waals surface area contributed by atoms with E-state index in [1.807, 2.05) is 13.1 Å². The Bertz CT molecular complexity index is 910. The van der Waals surface area contributed by atoms with Crippen molar-refractivity contribution in [2.75, 3.05) is 0 Å². The molecule has 0 bridgehead atoms. The third-order valence-electron chi connectivity index (χ3n) is 5.29. The maximum absolute atomic E-state index is 10.3. The molecule has 3 aromatic heterocycles. The van der Waals surface area contributed by atoms with Gasteiger partial charge < -0.3 is 9.67 Å². The summed E-state index contributed by atoms with van der Waals surface area (Å²) < 4.78 is 3.57. The molecular weight excluding hydrogens is 318 g/mol. The molecule has 24 heavy (non-hydrogen) atoms. The van der Waals surface area contributed by atoms with Crippen LogP contribution in [0, 0.1) is 17.2 Å². The van der Waals surface area contributed by atoms with Gasteiger partial charge in [-0.25, -0.2) is 0 Å². The van der Waals surface area contributed by atoms with E-state index < -0.39 is 6.10 Å². The zero-order valence-electron chi connectivity index (χ0n) is 13.8. The summed E-state index contributed by atoms with van der Waals surface area (Å²) in [7, 11) is 0. The van der Waals surface area contributed by atoms with Crippen molar-refractivity contribution in [2.24, 2.45) is 5.92 Å². The van der Waals surface area contributed by atoms with E-state index in [4.69, 9.17) is 5.26 Å². The first-order valence-corrected chi connectivity index (χ1v) is 9.49. The second-order valence-corrected chi connectivity index (χ2v) is 7.77. The Morgan fingerprint density at radius 3 is 2.92 bits per heavy atom. The molecule has 1 atom stereocenters. The van der Waals surface area contributed by atoms with Crippen molar-refractivity contribution in [3.8, 4) is 6.07 Å². The number of pyridine rings is 1. The number of nitriles is 1. The van der Waals surface area contributed by atoms with Crippen molar-refractivity contribution in [1.82, 2.24) is 9.55 Å². The lowest BCUT2D eigenvalue weighted by Crippen LogP contribution is -2.20. The maximum atomic E-state index is 10.3. The number of hydrogen-bond acceptors (Lipinski definition) is 4. The van der Waals surface area contributed by atoms with Crippen LogP contribution in [0.4, 0.5) is 0 Å². The van der Waals surface area contributed by atoms with Crippen LogP contribution in [0.2, 0.25) is 0 Å². The number of fused-ring (bicyclic) bond motifs is 3. The zero-order valence-corrected chi connectivity index (χ0v) is 14.6. The van der Waals surface area contributed by atoms with Crippen LogP contribution in [-0.2, 0) is 0 Å². The van der Waals surface area contributed by atoms with Crippen LogP contribution in [0.3, 0.4) is 0 Å². The average molecular weight is 339 g/mol. The predicted molar refractivity (Wildman–Crippen MR) is 97.0 cm³/mol. The number of aromatic nitrogens is 2. The Labute approximate surface area is 145 Å². The van der Waals surface area contributed by atoms with E-state index in [1.165, 1.54) is 10.2 Å². The molecule has 1 aliphatic carbocycles. The van der Waals surface area contributed by atoms with Gasteiger partial charge in [-0.3, -0.25) is 4.98 Å². The van der Waals surface area contributed by atoms with Gasteiger partial charge in [-0.15, -0.1) is 11.3 Å². The summed E-state index contributed by atoms with van der Waals surface area (Å²) in [6.45, 7) is 1.84. The minimum absolute atomic E-state index is 0.398. The fraction of sp³-hybridized carbons (Fsp3) is 0.474. The fourth-order valence-corrected chi connectivity index (χ4v) is 4.98. The second kappa shape index (κ2) is 6.19. The first kappa shape index (κ1) is 15.6. The molecule has 0 unspecified atom stereocenters. The summed E-state index contributed by atoms with van der Waals surface area (Å²) in [5, 5.41) is 22.4.